The van der Waals surface area contributed by atoms with Crippen molar-refractivity contribution in [3.8, 4) is 22.9 Å². The maximum Gasteiger partial charge on any atom is 0.320 e. The van der Waals surface area contributed by atoms with Crippen molar-refractivity contribution < 1.29 is 24.2 Å². The third kappa shape index (κ3) is 7.96. The van der Waals surface area contributed by atoms with Gasteiger partial charge in [-0.15, -0.1) is 11.8 Å². The number of carbonyl (C=O) groups excluding carboxylic acids is 2. The van der Waals surface area contributed by atoms with Gasteiger partial charge in [0.05, 0.1) is 44.7 Å². The molecule has 2 amide bonds. The topological polar surface area (TPSA) is 132 Å². The number of amides is 2. The minimum Gasteiger partial charge on any atom is -0.506 e. The van der Waals surface area contributed by atoms with Crippen molar-refractivity contribution >= 4 is 67.7 Å². The number of nitrogens with one attached hydrogen (secondary N) is 2. The summed E-state index contributed by atoms with van der Waals surface area (Å²) in [5.41, 5.74) is 3.78. The molecule has 0 saturated carbocycles. The number of halogens is 1. The molecule has 3 heterocycles. The smallest absolute Gasteiger partial charge is 0.320 e. The van der Waals surface area contributed by atoms with E-state index in [1.165, 1.54) is 17.8 Å². The Balaban J connectivity index is 1.12. The van der Waals surface area contributed by atoms with Gasteiger partial charge < -0.3 is 19.9 Å². The van der Waals surface area contributed by atoms with Crippen molar-refractivity contribution in [1.29, 1.82) is 0 Å². The number of fused-ring (bicyclic) bond motifs is 3. The summed E-state index contributed by atoms with van der Waals surface area (Å²) in [6.07, 6.45) is 2.00. The highest BCUT2D eigenvalue weighted by Gasteiger charge is 2.22. The van der Waals surface area contributed by atoms with Gasteiger partial charge in [-0.2, -0.15) is 5.10 Å². The maximum atomic E-state index is 13.2. The average Bonchev–Trinajstić information content (AvgIpc) is 3.75. The summed E-state index contributed by atoms with van der Waals surface area (Å²) < 4.78 is 16.0. The number of hydrogen-bond acceptors (Lipinski definition) is 9. The van der Waals surface area contributed by atoms with E-state index in [0.717, 1.165) is 32.1 Å². The number of phenolic OH excluding ortho intramolecular Hbond substituents is 1. The van der Waals surface area contributed by atoms with Crippen molar-refractivity contribution in [2.75, 3.05) is 17.7 Å². The standard InChI is InChI=1S/C35H35ClN6O5S2/c1-5-46-32(44)20-48-19-22-18-41-26-12-11-24(15-29(26)49-34(41)38-22)47-28-9-7-6-8-21(28)17-37-33(45)39-31-16-30(35(2,3)4)40-42(31)23-10-13-27(43)25(36)14-23/h6-16,18,43H,5,17,19-20H2,1-4H3,(H2,37,39,45). The number of aromatic nitrogens is 4. The second kappa shape index (κ2) is 14.4. The van der Waals surface area contributed by atoms with E-state index in [2.05, 4.69) is 10.6 Å². The highest BCUT2D eigenvalue weighted by atomic mass is 35.5. The van der Waals surface area contributed by atoms with Crippen LogP contribution in [0.3, 0.4) is 0 Å². The summed E-state index contributed by atoms with van der Waals surface area (Å²) in [7, 11) is 0. The van der Waals surface area contributed by atoms with E-state index in [4.69, 9.17) is 31.2 Å². The van der Waals surface area contributed by atoms with E-state index in [-0.39, 0.29) is 28.7 Å². The molecule has 0 atom stereocenters. The minimum atomic E-state index is -0.428. The van der Waals surface area contributed by atoms with E-state index in [1.807, 2.05) is 79.9 Å². The number of esters is 1. The zero-order chi connectivity index (χ0) is 34.7. The third-order valence-electron chi connectivity index (χ3n) is 7.43. The number of anilines is 1. The lowest BCUT2D eigenvalue weighted by Crippen LogP contribution is -2.29. The Kier molecular flexibility index (Phi) is 10.0. The number of thioether (sulfide) groups is 1. The third-order valence-corrected chi connectivity index (χ3v) is 9.69. The summed E-state index contributed by atoms with van der Waals surface area (Å²) >= 11 is 9.21. The molecule has 0 spiro atoms. The van der Waals surface area contributed by atoms with Gasteiger partial charge in [0, 0.05) is 41.6 Å². The number of ether oxygens (including phenoxy) is 2. The zero-order valence-corrected chi connectivity index (χ0v) is 29.7. The van der Waals surface area contributed by atoms with Crippen LogP contribution in [0.5, 0.6) is 17.2 Å². The first-order chi connectivity index (χ1) is 23.5. The largest absolute Gasteiger partial charge is 0.506 e. The predicted molar refractivity (Wildman–Crippen MR) is 195 cm³/mol. The van der Waals surface area contributed by atoms with Crippen molar-refractivity contribution in [1.82, 2.24) is 24.5 Å². The fourth-order valence-electron chi connectivity index (χ4n) is 4.98. The number of hydrogen-bond donors (Lipinski definition) is 3. The summed E-state index contributed by atoms with van der Waals surface area (Å²) in [4.78, 5) is 30.4. The predicted octanol–water partition coefficient (Wildman–Crippen LogP) is 8.30. The molecular formula is C35H35ClN6O5S2. The second-order valence-corrected chi connectivity index (χ2v) is 14.5. The Bertz CT molecular complexity index is 2150. The van der Waals surface area contributed by atoms with E-state index in [1.54, 1.807) is 35.1 Å². The second-order valence-electron chi connectivity index (χ2n) is 12.1. The fourth-order valence-corrected chi connectivity index (χ4v) is 6.91. The Morgan fingerprint density at radius 3 is 2.67 bits per heavy atom. The molecule has 0 saturated heterocycles. The van der Waals surface area contributed by atoms with Gasteiger partial charge in [0.25, 0.3) is 0 Å². The van der Waals surface area contributed by atoms with Crippen LogP contribution in [0.15, 0.2) is 72.9 Å². The molecule has 0 fully saturated rings. The van der Waals surface area contributed by atoms with Gasteiger partial charge in [0.15, 0.2) is 4.96 Å². The molecule has 0 aliphatic rings. The SMILES string of the molecule is CCOC(=O)CSCc1cn2c(n1)sc1cc(Oc3ccccc3CNC(=O)Nc3cc(C(C)(C)C)nn3-c3ccc(O)c(Cl)c3)ccc12. The van der Waals surface area contributed by atoms with E-state index < -0.39 is 6.03 Å². The fraction of sp³-hybridized carbons (Fsp3) is 0.257. The molecule has 11 nitrogen and oxygen atoms in total. The molecule has 0 aliphatic carbocycles. The van der Waals surface area contributed by atoms with Gasteiger partial charge in [-0.25, -0.2) is 14.5 Å². The van der Waals surface area contributed by atoms with Crippen LogP contribution in [-0.2, 0) is 27.2 Å². The van der Waals surface area contributed by atoms with Crippen LogP contribution in [0.4, 0.5) is 10.6 Å². The minimum absolute atomic E-state index is 0.0408. The monoisotopic (exact) mass is 718 g/mol. The van der Waals surface area contributed by atoms with Crippen LogP contribution in [0, 0.1) is 0 Å². The molecular weight excluding hydrogens is 684 g/mol. The highest BCUT2D eigenvalue weighted by molar-refractivity contribution is 7.99. The number of thiazole rings is 1. The van der Waals surface area contributed by atoms with Gasteiger partial charge >= 0.3 is 12.0 Å². The number of urea groups is 1. The number of nitrogens with zero attached hydrogens (tertiary/aromatic N) is 4. The van der Waals surface area contributed by atoms with E-state index >= 15 is 0 Å². The van der Waals surface area contributed by atoms with Crippen molar-refractivity contribution in [3.63, 3.8) is 0 Å². The number of carbonyl (C=O) groups is 2. The number of para-hydroxylation sites is 1. The first-order valence-electron chi connectivity index (χ1n) is 15.5. The van der Waals surface area contributed by atoms with Gasteiger partial charge in [0.2, 0.25) is 0 Å². The van der Waals surface area contributed by atoms with Crippen molar-refractivity contribution in [2.45, 2.75) is 45.4 Å². The molecule has 49 heavy (non-hydrogen) atoms. The number of imidazole rings is 1. The van der Waals surface area contributed by atoms with Crippen LogP contribution in [0.1, 0.15) is 44.6 Å². The number of rotatable bonds is 11. The molecule has 3 aromatic heterocycles. The summed E-state index contributed by atoms with van der Waals surface area (Å²) in [5, 5.41) is 20.6. The normalized spacial score (nSPS) is 11.6. The molecule has 254 valence electrons. The summed E-state index contributed by atoms with van der Waals surface area (Å²) in [5.74, 6) is 2.38. The Hall–Kier alpha value is -4.72. The van der Waals surface area contributed by atoms with E-state index in [9.17, 15) is 14.7 Å². The quantitative estimate of drug-likeness (QED) is 0.114. The molecule has 0 bridgehead atoms. The number of aromatic hydroxyl groups is 1. The van der Waals surface area contributed by atoms with Gasteiger partial charge in [-0.05, 0) is 43.3 Å². The lowest BCUT2D eigenvalue weighted by molar-refractivity contribution is -0.139. The van der Waals surface area contributed by atoms with Crippen LogP contribution in [-0.4, -0.2) is 48.6 Å². The average molecular weight is 719 g/mol. The summed E-state index contributed by atoms with van der Waals surface area (Å²) in [6.45, 7) is 8.49. The van der Waals surface area contributed by atoms with Crippen LogP contribution in [0.25, 0.3) is 20.9 Å². The molecule has 6 rings (SSSR count). The van der Waals surface area contributed by atoms with Crippen LogP contribution < -0.4 is 15.4 Å². The molecule has 0 unspecified atom stereocenters. The Morgan fingerprint density at radius 1 is 1.08 bits per heavy atom. The van der Waals surface area contributed by atoms with E-state index in [0.29, 0.717) is 41.1 Å². The molecule has 0 radical (unpaired) electrons. The first kappa shape index (κ1) is 34.2. The molecule has 3 aromatic carbocycles. The van der Waals surface area contributed by atoms with Gasteiger partial charge in [0.1, 0.15) is 23.1 Å². The van der Waals surface area contributed by atoms with Gasteiger partial charge in [-0.3, -0.25) is 14.5 Å². The number of benzene rings is 3. The molecule has 3 N–H and O–H groups in total. The van der Waals surface area contributed by atoms with Crippen LogP contribution in [0.2, 0.25) is 5.02 Å². The first-order valence-corrected chi connectivity index (χ1v) is 17.9. The lowest BCUT2D eigenvalue weighted by atomic mass is 9.92. The maximum absolute atomic E-state index is 13.2. The lowest BCUT2D eigenvalue weighted by Gasteiger charge is -2.14. The Labute approximate surface area is 296 Å². The van der Waals surface area contributed by atoms with Gasteiger partial charge in [-0.1, -0.05) is 61.9 Å². The van der Waals surface area contributed by atoms with Crippen LogP contribution >= 0.6 is 34.7 Å². The highest BCUT2D eigenvalue weighted by Crippen LogP contribution is 2.34. The molecule has 6 aromatic rings. The molecule has 14 heteroatoms. The number of phenols is 1. The Morgan fingerprint density at radius 2 is 1.90 bits per heavy atom. The zero-order valence-electron chi connectivity index (χ0n) is 27.3. The molecule has 0 aliphatic heterocycles. The summed E-state index contributed by atoms with van der Waals surface area (Å²) in [6, 6.07) is 19.6. The van der Waals surface area contributed by atoms with Crippen molar-refractivity contribution in [3.05, 3.63) is 94.9 Å². The van der Waals surface area contributed by atoms with Crippen molar-refractivity contribution in [2.24, 2.45) is 0 Å².